The van der Waals surface area contributed by atoms with Gasteiger partial charge in [0.15, 0.2) is 0 Å². The Morgan fingerprint density at radius 1 is 1.10 bits per heavy atom. The van der Waals surface area contributed by atoms with Crippen LogP contribution in [-0.4, -0.2) is 43.6 Å². The van der Waals surface area contributed by atoms with Crippen LogP contribution >= 0.6 is 0 Å². The highest BCUT2D eigenvalue weighted by Gasteiger charge is 2.40. The number of aliphatic carboxylic acids is 1. The molecule has 0 saturated carbocycles. The summed E-state index contributed by atoms with van der Waals surface area (Å²) in [4.78, 5) is 15.2. The molecule has 1 aromatic heterocycles. The van der Waals surface area contributed by atoms with E-state index in [0.29, 0.717) is 0 Å². The van der Waals surface area contributed by atoms with Crippen molar-refractivity contribution in [1.82, 2.24) is 19.9 Å². The monoisotopic (exact) mass is 566 g/mol. The number of rotatable bonds is 7. The minimum absolute atomic E-state index is 0.134. The Labute approximate surface area is 248 Å². The Bertz CT molecular complexity index is 1670. The molecule has 0 fully saturated rings. The van der Waals surface area contributed by atoms with E-state index in [9.17, 15) is 9.90 Å². The maximum Gasteiger partial charge on any atom is 0.310 e. The van der Waals surface area contributed by atoms with Gasteiger partial charge in [-0.25, -0.2) is 4.68 Å². The summed E-state index contributed by atoms with van der Waals surface area (Å²) in [6.07, 6.45) is 4.61. The minimum Gasteiger partial charge on any atom is -0.489 e. The van der Waals surface area contributed by atoms with Crippen LogP contribution in [0.5, 0.6) is 5.75 Å². The number of carboxylic acids is 1. The van der Waals surface area contributed by atoms with Crippen LogP contribution in [0.3, 0.4) is 0 Å². The van der Waals surface area contributed by atoms with E-state index < -0.39 is 11.4 Å². The van der Waals surface area contributed by atoms with E-state index in [1.165, 1.54) is 34.2 Å². The fourth-order valence-electron chi connectivity index (χ4n) is 6.98. The zero-order valence-electron chi connectivity index (χ0n) is 25.7. The number of carboxylic acid groups (broad SMARTS) is 1. The zero-order chi connectivity index (χ0) is 29.8. The second kappa shape index (κ2) is 10.8. The number of ether oxygens (including phenoxy) is 1. The number of aryl methyl sites for hydroxylation is 5. The summed E-state index contributed by atoms with van der Waals surface area (Å²) < 4.78 is 8.31. The molecule has 7 heteroatoms. The second-order valence-electron chi connectivity index (χ2n) is 12.9. The van der Waals surface area contributed by atoms with Crippen molar-refractivity contribution in [1.29, 1.82) is 0 Å². The number of fused-ring (bicyclic) bond motifs is 3. The quantitative estimate of drug-likeness (QED) is 0.275. The van der Waals surface area contributed by atoms with E-state index >= 15 is 0 Å². The third kappa shape index (κ3) is 4.98. The minimum atomic E-state index is -1.05. The average molecular weight is 567 g/mol. The fraction of sp³-hybridized carbons (Fsp3) is 0.457. The van der Waals surface area contributed by atoms with Crippen molar-refractivity contribution in [3.63, 3.8) is 0 Å². The predicted octanol–water partition coefficient (Wildman–Crippen LogP) is 6.49. The lowest BCUT2D eigenvalue weighted by atomic mass is 9.69. The molecule has 1 unspecified atom stereocenters. The third-order valence-corrected chi connectivity index (χ3v) is 9.64. The Morgan fingerprint density at radius 3 is 2.60 bits per heavy atom. The van der Waals surface area contributed by atoms with Crippen molar-refractivity contribution < 1.29 is 14.6 Å². The smallest absolute Gasteiger partial charge is 0.310 e. The first-order valence-electron chi connectivity index (χ1n) is 15.2. The number of hydrogen-bond donors (Lipinski definition) is 1. The molecule has 3 aromatic carbocycles. The van der Waals surface area contributed by atoms with Gasteiger partial charge in [-0.1, -0.05) is 42.5 Å². The zero-order valence-corrected chi connectivity index (χ0v) is 25.7. The molecule has 0 bridgehead atoms. The van der Waals surface area contributed by atoms with E-state index in [2.05, 4.69) is 65.5 Å². The largest absolute Gasteiger partial charge is 0.489 e. The SMILES string of the molecule is CC[C@@H]1CN(Cc2cc(C(c3ccc4c(nnn4C)c3C)C(C)(C)C(=O)O)ccc2C)Cc2cc3c(cc2O1)CCC3. The first-order valence-corrected chi connectivity index (χ1v) is 15.2. The highest BCUT2D eigenvalue weighted by atomic mass is 16.5. The molecule has 1 aliphatic heterocycles. The van der Waals surface area contributed by atoms with Crippen LogP contribution in [0, 0.1) is 19.3 Å². The molecule has 2 atom stereocenters. The Morgan fingerprint density at radius 2 is 1.86 bits per heavy atom. The highest BCUT2D eigenvalue weighted by molar-refractivity contribution is 5.81. The summed E-state index contributed by atoms with van der Waals surface area (Å²) in [6, 6.07) is 15.2. The van der Waals surface area contributed by atoms with Gasteiger partial charge < -0.3 is 9.84 Å². The van der Waals surface area contributed by atoms with Crippen LogP contribution in [0.15, 0.2) is 42.5 Å². The first kappa shape index (κ1) is 28.4. The van der Waals surface area contributed by atoms with Gasteiger partial charge in [-0.15, -0.1) is 5.10 Å². The standard InChI is InChI=1S/C35H42N4O3/c1-7-28-20-39(19-27-15-23-9-8-10-24(23)17-31(27)42-28)18-26-16-25(12-11-21(26)2)32(35(4,5)34(40)41)29-13-14-30-33(22(29)3)36-37-38(30)6/h11-17,28,32H,7-10,18-20H2,1-6H3,(H,40,41)/t28-,32?/m1/s1. The normalized spacial score (nSPS) is 17.9. The van der Waals surface area contributed by atoms with Gasteiger partial charge in [0.1, 0.15) is 17.4 Å². The molecule has 0 spiro atoms. The lowest BCUT2D eigenvalue weighted by Gasteiger charge is -2.33. The molecule has 0 saturated heterocycles. The third-order valence-electron chi connectivity index (χ3n) is 9.64. The van der Waals surface area contributed by atoms with Gasteiger partial charge in [0.2, 0.25) is 0 Å². The predicted molar refractivity (Wildman–Crippen MR) is 165 cm³/mol. The number of nitrogens with zero attached hydrogens (tertiary/aromatic N) is 4. The lowest BCUT2D eigenvalue weighted by Crippen LogP contribution is -2.33. The lowest BCUT2D eigenvalue weighted by molar-refractivity contribution is -0.147. The Kier molecular flexibility index (Phi) is 7.34. The molecule has 6 rings (SSSR count). The van der Waals surface area contributed by atoms with Crippen molar-refractivity contribution >= 4 is 17.0 Å². The Balaban J connectivity index is 1.38. The number of hydrogen-bond acceptors (Lipinski definition) is 5. The molecular formula is C35H42N4O3. The molecule has 0 radical (unpaired) electrons. The van der Waals surface area contributed by atoms with Crippen LogP contribution in [0.25, 0.3) is 11.0 Å². The number of aromatic nitrogens is 3. The van der Waals surface area contributed by atoms with Crippen molar-refractivity contribution in [2.75, 3.05) is 6.54 Å². The number of benzene rings is 3. The van der Waals surface area contributed by atoms with Gasteiger partial charge in [-0.2, -0.15) is 0 Å². The van der Waals surface area contributed by atoms with Crippen LogP contribution in [-0.2, 0) is 37.8 Å². The van der Waals surface area contributed by atoms with Gasteiger partial charge in [0.05, 0.1) is 10.9 Å². The molecule has 0 amide bonds. The molecule has 1 N–H and O–H groups in total. The van der Waals surface area contributed by atoms with Crippen molar-refractivity contribution in [2.45, 2.75) is 85.4 Å². The summed E-state index contributed by atoms with van der Waals surface area (Å²) >= 11 is 0. The van der Waals surface area contributed by atoms with Crippen LogP contribution in [0.1, 0.15) is 84.0 Å². The van der Waals surface area contributed by atoms with Crippen molar-refractivity contribution in [2.24, 2.45) is 12.5 Å². The van der Waals surface area contributed by atoms with Gasteiger partial charge >= 0.3 is 5.97 Å². The maximum absolute atomic E-state index is 12.7. The highest BCUT2D eigenvalue weighted by Crippen LogP contribution is 2.44. The molecule has 2 heterocycles. The molecule has 1 aliphatic carbocycles. The van der Waals surface area contributed by atoms with Crippen LogP contribution in [0.2, 0.25) is 0 Å². The van der Waals surface area contributed by atoms with Gasteiger partial charge in [0, 0.05) is 38.2 Å². The molecule has 2 aliphatic rings. The van der Waals surface area contributed by atoms with E-state index in [0.717, 1.165) is 72.4 Å². The van der Waals surface area contributed by atoms with Gasteiger partial charge in [0.25, 0.3) is 0 Å². The van der Waals surface area contributed by atoms with E-state index in [4.69, 9.17) is 4.74 Å². The van der Waals surface area contributed by atoms with Crippen molar-refractivity contribution in [3.05, 3.63) is 87.0 Å². The van der Waals surface area contributed by atoms with Crippen LogP contribution in [0.4, 0.5) is 0 Å². The van der Waals surface area contributed by atoms with E-state index in [-0.39, 0.29) is 12.0 Å². The summed E-state index contributed by atoms with van der Waals surface area (Å²) in [6.45, 7) is 12.5. The summed E-state index contributed by atoms with van der Waals surface area (Å²) in [5.74, 6) is -0.138. The summed E-state index contributed by atoms with van der Waals surface area (Å²) in [5.41, 5.74) is 10.3. The maximum atomic E-state index is 12.7. The topological polar surface area (TPSA) is 80.5 Å². The van der Waals surface area contributed by atoms with Gasteiger partial charge in [-0.3, -0.25) is 9.69 Å². The van der Waals surface area contributed by atoms with Gasteiger partial charge in [-0.05, 0) is 104 Å². The van der Waals surface area contributed by atoms with Crippen molar-refractivity contribution in [3.8, 4) is 5.75 Å². The molecular weight excluding hydrogens is 524 g/mol. The molecule has 4 aromatic rings. The first-order chi connectivity index (χ1) is 20.1. The molecule has 42 heavy (non-hydrogen) atoms. The van der Waals surface area contributed by atoms with E-state index in [1.807, 2.05) is 33.9 Å². The van der Waals surface area contributed by atoms with E-state index in [1.54, 1.807) is 4.68 Å². The summed E-state index contributed by atoms with van der Waals surface area (Å²) in [7, 11) is 1.88. The summed E-state index contributed by atoms with van der Waals surface area (Å²) in [5, 5.41) is 19.0. The molecule has 220 valence electrons. The number of carbonyl (C=O) groups is 1. The Hall–Kier alpha value is -3.71. The average Bonchev–Trinajstić information content (AvgIpc) is 3.52. The van der Waals surface area contributed by atoms with Crippen LogP contribution < -0.4 is 4.74 Å². The molecule has 7 nitrogen and oxygen atoms in total. The second-order valence-corrected chi connectivity index (χ2v) is 12.9. The fourth-order valence-corrected chi connectivity index (χ4v) is 6.98.